The molecule has 9 heavy (non-hydrogen) atoms. The van der Waals surface area contributed by atoms with Gasteiger partial charge in [-0.05, 0) is 5.04 Å². The summed E-state index contributed by atoms with van der Waals surface area (Å²) in [5.41, 5.74) is 0. The summed E-state index contributed by atoms with van der Waals surface area (Å²) in [6, 6.07) is 0. The van der Waals surface area contributed by atoms with Crippen LogP contribution in [0, 0.1) is 0 Å². The highest BCUT2D eigenvalue weighted by Gasteiger charge is 2.33. The quantitative estimate of drug-likeness (QED) is 0.391. The Morgan fingerprint density at radius 1 is 1.22 bits per heavy atom. The number of hydrogen-bond acceptors (Lipinski definition) is 0. The molecule has 0 fully saturated rings. The van der Waals surface area contributed by atoms with E-state index in [9.17, 15) is 0 Å². The summed E-state index contributed by atoms with van der Waals surface area (Å²) in [5, 5.41) is 0.639. The van der Waals surface area contributed by atoms with Gasteiger partial charge >= 0.3 is 0 Å². The minimum Gasteiger partial charge on any atom is -0.131 e. The molecule has 0 aromatic heterocycles. The van der Waals surface area contributed by atoms with Crippen LogP contribution in [0.2, 0.25) is 18.1 Å². The molecule has 0 radical (unpaired) electrons. The lowest BCUT2D eigenvalue weighted by molar-refractivity contribution is 0.735. The van der Waals surface area contributed by atoms with Crippen molar-refractivity contribution in [2.24, 2.45) is 0 Å². The van der Waals surface area contributed by atoms with Crippen LogP contribution in [0.4, 0.5) is 0 Å². The predicted molar refractivity (Wildman–Crippen MR) is 59.8 cm³/mol. The molecule has 0 saturated carbocycles. The minimum atomic E-state index is -0.753. The first-order chi connectivity index (χ1) is 3.81. The van der Waals surface area contributed by atoms with Crippen LogP contribution in [-0.4, -0.2) is 14.1 Å². The SMILES string of the molecule is CC(C)(C)[Si](C)(C)[SiH2]I. The van der Waals surface area contributed by atoms with E-state index in [2.05, 4.69) is 55.7 Å². The zero-order chi connectivity index (χ0) is 7.71. The molecule has 0 amide bonds. The molecule has 0 aliphatic heterocycles. The standard InChI is InChI=1S/C6H17ISi2/c1-6(2,3)9(4,5)8-7/h8H2,1-5H3. The molecule has 0 N–H and O–H groups in total. The zero-order valence-corrected chi connectivity index (χ0v) is 11.7. The average Bonchev–Trinajstić information content (AvgIpc) is 1.64. The fourth-order valence-corrected chi connectivity index (χ4v) is 12.1. The van der Waals surface area contributed by atoms with E-state index < -0.39 is 7.59 Å². The molecule has 0 heterocycles. The van der Waals surface area contributed by atoms with Crippen LogP contribution < -0.4 is 0 Å². The van der Waals surface area contributed by atoms with Gasteiger partial charge in [-0.25, -0.2) is 0 Å². The Bertz CT molecular complexity index is 93.7. The summed E-state index contributed by atoms with van der Waals surface area (Å²) in [4.78, 5) is 0. The Balaban J connectivity index is 4.14. The maximum atomic E-state index is 2.66. The summed E-state index contributed by atoms with van der Waals surface area (Å²) in [6.45, 7) is 12.5. The molecule has 0 rings (SSSR count). The Morgan fingerprint density at radius 3 is 1.56 bits per heavy atom. The van der Waals surface area contributed by atoms with E-state index in [0.717, 1.165) is 0 Å². The third-order valence-electron chi connectivity index (χ3n) is 2.36. The molecule has 0 bridgehead atoms. The van der Waals surface area contributed by atoms with Crippen LogP contribution >= 0.6 is 21.8 Å². The molecule has 3 heteroatoms. The Kier molecular flexibility index (Phi) is 3.44. The van der Waals surface area contributed by atoms with Crippen molar-refractivity contribution in [3.63, 3.8) is 0 Å². The van der Waals surface area contributed by atoms with E-state index in [1.54, 1.807) is 0 Å². The molecule has 0 atom stereocenters. The molecule has 56 valence electrons. The summed E-state index contributed by atoms with van der Waals surface area (Å²) in [5.74, 6) is 0. The average molecular weight is 272 g/mol. The molecular formula is C6H17ISi2. The lowest BCUT2D eigenvalue weighted by Crippen LogP contribution is -2.41. The Morgan fingerprint density at radius 2 is 1.56 bits per heavy atom. The van der Waals surface area contributed by atoms with Gasteiger partial charge in [0.2, 0.25) is 0 Å². The fourth-order valence-electron chi connectivity index (χ4n) is 0.200. The van der Waals surface area contributed by atoms with Crippen molar-refractivity contribution in [2.75, 3.05) is 0 Å². The van der Waals surface area contributed by atoms with Crippen LogP contribution in [0.15, 0.2) is 0 Å². The zero-order valence-electron chi connectivity index (χ0n) is 7.09. The molecule has 0 aromatic carbocycles. The van der Waals surface area contributed by atoms with Crippen molar-refractivity contribution in [2.45, 2.75) is 38.9 Å². The number of halogens is 1. The van der Waals surface area contributed by atoms with Gasteiger partial charge in [0, 0.05) is 0 Å². The van der Waals surface area contributed by atoms with E-state index in [1.165, 1.54) is 0 Å². The minimum absolute atomic E-state index is 0.247. The summed E-state index contributed by atoms with van der Waals surface area (Å²) < 4.78 is 0. The third-order valence-corrected chi connectivity index (χ3v) is 29.4. The van der Waals surface area contributed by atoms with E-state index in [1.807, 2.05) is 0 Å². The maximum Gasteiger partial charge on any atom is 0.0875 e. The first-order valence-corrected chi connectivity index (χ1v) is 13.8. The van der Waals surface area contributed by atoms with Crippen molar-refractivity contribution in [3.05, 3.63) is 0 Å². The topological polar surface area (TPSA) is 0 Å². The normalized spacial score (nSPS) is 15.3. The lowest BCUT2D eigenvalue weighted by atomic mass is 10.2. The van der Waals surface area contributed by atoms with Crippen molar-refractivity contribution >= 4 is 35.9 Å². The van der Waals surface area contributed by atoms with Crippen LogP contribution in [0.25, 0.3) is 0 Å². The van der Waals surface area contributed by atoms with Gasteiger partial charge in [-0.2, -0.15) is 0 Å². The first-order valence-electron chi connectivity index (χ1n) is 3.37. The lowest BCUT2D eigenvalue weighted by Gasteiger charge is -2.34. The smallest absolute Gasteiger partial charge is 0.0875 e. The highest BCUT2D eigenvalue weighted by atomic mass is 127. The van der Waals surface area contributed by atoms with Gasteiger partial charge < -0.3 is 0 Å². The van der Waals surface area contributed by atoms with Gasteiger partial charge in [0.25, 0.3) is 0 Å². The van der Waals surface area contributed by atoms with E-state index in [4.69, 9.17) is 0 Å². The second-order valence-electron chi connectivity index (χ2n) is 4.27. The highest BCUT2D eigenvalue weighted by Crippen LogP contribution is 2.35. The second kappa shape index (κ2) is 3.04. The second-order valence-corrected chi connectivity index (χ2v) is 22.8. The van der Waals surface area contributed by atoms with Gasteiger partial charge in [-0.1, -0.05) is 33.9 Å². The van der Waals surface area contributed by atoms with Crippen LogP contribution in [0.3, 0.4) is 0 Å². The Hall–Kier alpha value is 1.16. The van der Waals surface area contributed by atoms with Crippen molar-refractivity contribution < 1.29 is 0 Å². The van der Waals surface area contributed by atoms with Gasteiger partial charge in [0.05, 0.1) is 14.1 Å². The van der Waals surface area contributed by atoms with Crippen LogP contribution in [0.1, 0.15) is 20.8 Å². The molecular weight excluding hydrogens is 255 g/mol. The molecule has 0 spiro atoms. The molecule has 0 aliphatic rings. The van der Waals surface area contributed by atoms with Gasteiger partial charge in [-0.3, -0.25) is 0 Å². The monoisotopic (exact) mass is 272 g/mol. The predicted octanol–water partition coefficient (Wildman–Crippen LogP) is 2.51. The van der Waals surface area contributed by atoms with Crippen molar-refractivity contribution in [3.8, 4) is 0 Å². The third kappa shape index (κ3) is 2.71. The summed E-state index contributed by atoms with van der Waals surface area (Å²) in [6.07, 6.45) is 0. The highest BCUT2D eigenvalue weighted by molar-refractivity contribution is 14.1. The van der Waals surface area contributed by atoms with Gasteiger partial charge in [0.15, 0.2) is 0 Å². The van der Waals surface area contributed by atoms with Crippen LogP contribution in [-0.2, 0) is 0 Å². The maximum absolute atomic E-state index is 2.66. The summed E-state index contributed by atoms with van der Waals surface area (Å²) in [7, 11) is -0.753. The number of rotatable bonds is 1. The van der Waals surface area contributed by atoms with E-state index in [-0.39, 0.29) is 6.53 Å². The molecule has 0 saturated heterocycles. The first kappa shape index (κ1) is 10.2. The summed E-state index contributed by atoms with van der Waals surface area (Å²) >= 11 is 2.66. The fraction of sp³-hybridized carbons (Fsp3) is 1.00. The molecule has 0 aromatic rings. The Labute approximate surface area is 74.6 Å². The number of hydrogen-bond donors (Lipinski definition) is 0. The van der Waals surface area contributed by atoms with Crippen LogP contribution in [0.5, 0.6) is 0 Å². The molecule has 0 aliphatic carbocycles. The van der Waals surface area contributed by atoms with Gasteiger partial charge in [-0.15, -0.1) is 21.8 Å². The van der Waals surface area contributed by atoms with Crippen molar-refractivity contribution in [1.82, 2.24) is 0 Å². The molecule has 0 nitrogen and oxygen atoms in total. The van der Waals surface area contributed by atoms with E-state index >= 15 is 0 Å². The van der Waals surface area contributed by atoms with Gasteiger partial charge in [0.1, 0.15) is 0 Å². The largest absolute Gasteiger partial charge is 0.131 e. The molecule has 0 unspecified atom stereocenters. The van der Waals surface area contributed by atoms with E-state index in [0.29, 0.717) is 5.04 Å². The van der Waals surface area contributed by atoms with Crippen molar-refractivity contribution in [1.29, 1.82) is 0 Å².